The van der Waals surface area contributed by atoms with Gasteiger partial charge < -0.3 is 10.6 Å². The Balaban J connectivity index is 2.06. The first-order chi connectivity index (χ1) is 5.33. The molecule has 0 aliphatic carbocycles. The number of carbonyl (C=O) groups is 1. The quantitative estimate of drug-likeness (QED) is 0.609. The molecule has 1 aliphatic heterocycles. The van der Waals surface area contributed by atoms with E-state index in [-0.39, 0.29) is 5.91 Å². The molecule has 0 aromatic heterocycles. The van der Waals surface area contributed by atoms with Gasteiger partial charge in [0.25, 0.3) is 0 Å². The number of rotatable bonds is 3. The summed E-state index contributed by atoms with van der Waals surface area (Å²) in [6.07, 6.45) is 2.95. The van der Waals surface area contributed by atoms with Crippen molar-refractivity contribution in [3.63, 3.8) is 0 Å². The average Bonchev–Trinajstić information content (AvgIpc) is 2.52. The summed E-state index contributed by atoms with van der Waals surface area (Å²) in [5, 5.41) is 5.91. The summed E-state index contributed by atoms with van der Waals surface area (Å²) >= 11 is 0. The van der Waals surface area contributed by atoms with Crippen molar-refractivity contribution in [2.75, 3.05) is 20.1 Å². The third kappa shape index (κ3) is 2.89. The van der Waals surface area contributed by atoms with Gasteiger partial charge in [-0.15, -0.1) is 0 Å². The van der Waals surface area contributed by atoms with Crippen molar-refractivity contribution >= 4 is 5.91 Å². The van der Waals surface area contributed by atoms with Gasteiger partial charge in [0.2, 0.25) is 5.91 Å². The molecule has 1 aliphatic rings. The summed E-state index contributed by atoms with van der Waals surface area (Å²) in [7, 11) is 1.69. The maximum absolute atomic E-state index is 10.8. The Morgan fingerprint density at radius 3 is 3.09 bits per heavy atom. The van der Waals surface area contributed by atoms with Gasteiger partial charge in [-0.25, -0.2) is 0 Å². The first-order valence-corrected chi connectivity index (χ1v) is 4.24. The second kappa shape index (κ2) is 4.34. The van der Waals surface area contributed by atoms with Gasteiger partial charge >= 0.3 is 0 Å². The average molecular weight is 156 g/mol. The highest BCUT2D eigenvalue weighted by Crippen LogP contribution is 2.13. The van der Waals surface area contributed by atoms with E-state index < -0.39 is 0 Å². The summed E-state index contributed by atoms with van der Waals surface area (Å²) in [5.74, 6) is 0.893. The minimum atomic E-state index is 0.164. The standard InChI is InChI=1S/C8H16N2O/c1-9-8(11)3-2-7-4-5-10-6-7/h7,10H,2-6H2,1H3,(H,9,11). The Labute approximate surface area is 67.5 Å². The summed E-state index contributed by atoms with van der Waals surface area (Å²) in [6, 6.07) is 0. The largest absolute Gasteiger partial charge is 0.359 e. The zero-order valence-electron chi connectivity index (χ0n) is 7.02. The molecule has 0 aromatic carbocycles. The molecule has 1 unspecified atom stereocenters. The molecule has 2 N–H and O–H groups in total. The Hall–Kier alpha value is -0.570. The van der Waals surface area contributed by atoms with Crippen molar-refractivity contribution in [3.8, 4) is 0 Å². The van der Waals surface area contributed by atoms with E-state index in [1.165, 1.54) is 6.42 Å². The fraction of sp³-hybridized carbons (Fsp3) is 0.875. The van der Waals surface area contributed by atoms with Gasteiger partial charge in [-0.2, -0.15) is 0 Å². The lowest BCUT2D eigenvalue weighted by Gasteiger charge is -2.05. The SMILES string of the molecule is CNC(=O)CCC1CCNC1. The fourth-order valence-corrected chi connectivity index (χ4v) is 1.42. The second-order valence-corrected chi connectivity index (χ2v) is 3.07. The van der Waals surface area contributed by atoms with Gasteiger partial charge in [0.05, 0.1) is 0 Å². The molecule has 1 amide bonds. The van der Waals surface area contributed by atoms with Gasteiger partial charge in [-0.05, 0) is 31.8 Å². The molecule has 0 radical (unpaired) electrons. The molecule has 11 heavy (non-hydrogen) atoms. The van der Waals surface area contributed by atoms with Crippen molar-refractivity contribution < 1.29 is 4.79 Å². The highest BCUT2D eigenvalue weighted by atomic mass is 16.1. The Morgan fingerprint density at radius 2 is 2.55 bits per heavy atom. The van der Waals surface area contributed by atoms with Crippen molar-refractivity contribution in [2.45, 2.75) is 19.3 Å². The molecular formula is C8H16N2O. The smallest absolute Gasteiger partial charge is 0.219 e. The van der Waals surface area contributed by atoms with Crippen LogP contribution in [-0.4, -0.2) is 26.0 Å². The lowest BCUT2D eigenvalue weighted by atomic mass is 10.0. The third-order valence-corrected chi connectivity index (χ3v) is 2.22. The van der Waals surface area contributed by atoms with Crippen LogP contribution in [-0.2, 0) is 4.79 Å². The van der Waals surface area contributed by atoms with E-state index in [9.17, 15) is 4.79 Å². The summed E-state index contributed by atoms with van der Waals surface area (Å²) in [6.45, 7) is 2.22. The molecule has 0 saturated carbocycles. The maximum Gasteiger partial charge on any atom is 0.219 e. The van der Waals surface area contributed by atoms with Gasteiger partial charge in [0, 0.05) is 13.5 Å². The molecule has 1 saturated heterocycles. The molecule has 1 atom stereocenters. The van der Waals surface area contributed by atoms with Crippen molar-refractivity contribution in [1.82, 2.24) is 10.6 Å². The van der Waals surface area contributed by atoms with Crippen LogP contribution in [0.4, 0.5) is 0 Å². The van der Waals surface area contributed by atoms with Crippen LogP contribution in [0.3, 0.4) is 0 Å². The Bertz CT molecular complexity index is 130. The topological polar surface area (TPSA) is 41.1 Å². The number of amides is 1. The van der Waals surface area contributed by atoms with Gasteiger partial charge in [0.15, 0.2) is 0 Å². The van der Waals surface area contributed by atoms with Crippen LogP contribution in [0, 0.1) is 5.92 Å². The van der Waals surface area contributed by atoms with E-state index in [1.54, 1.807) is 7.05 Å². The van der Waals surface area contributed by atoms with Crippen LogP contribution in [0.2, 0.25) is 0 Å². The van der Waals surface area contributed by atoms with Crippen molar-refractivity contribution in [2.24, 2.45) is 5.92 Å². The molecule has 1 fully saturated rings. The molecule has 3 nitrogen and oxygen atoms in total. The lowest BCUT2D eigenvalue weighted by molar-refractivity contribution is -0.120. The summed E-state index contributed by atoms with van der Waals surface area (Å²) in [5.41, 5.74) is 0. The summed E-state index contributed by atoms with van der Waals surface area (Å²) in [4.78, 5) is 10.8. The normalized spacial score (nSPS) is 23.5. The van der Waals surface area contributed by atoms with E-state index >= 15 is 0 Å². The molecule has 0 bridgehead atoms. The molecule has 0 spiro atoms. The van der Waals surface area contributed by atoms with Gasteiger partial charge in [0.1, 0.15) is 0 Å². The third-order valence-electron chi connectivity index (χ3n) is 2.22. The van der Waals surface area contributed by atoms with Crippen LogP contribution in [0.15, 0.2) is 0 Å². The Morgan fingerprint density at radius 1 is 1.73 bits per heavy atom. The first kappa shape index (κ1) is 8.53. The Kier molecular flexibility index (Phi) is 3.36. The lowest BCUT2D eigenvalue weighted by Crippen LogP contribution is -2.19. The van der Waals surface area contributed by atoms with Crippen molar-refractivity contribution in [1.29, 1.82) is 0 Å². The molecule has 1 rings (SSSR count). The molecule has 3 heteroatoms. The van der Waals surface area contributed by atoms with E-state index in [4.69, 9.17) is 0 Å². The van der Waals surface area contributed by atoms with E-state index in [0.29, 0.717) is 6.42 Å². The molecule has 0 aromatic rings. The second-order valence-electron chi connectivity index (χ2n) is 3.07. The molecule has 1 heterocycles. The number of hydrogen-bond acceptors (Lipinski definition) is 2. The number of hydrogen-bond donors (Lipinski definition) is 2. The van der Waals surface area contributed by atoms with Gasteiger partial charge in [-0.3, -0.25) is 4.79 Å². The van der Waals surface area contributed by atoms with Crippen LogP contribution in [0.25, 0.3) is 0 Å². The zero-order valence-corrected chi connectivity index (χ0v) is 7.02. The predicted molar refractivity (Wildman–Crippen MR) is 44.3 cm³/mol. The van der Waals surface area contributed by atoms with Crippen LogP contribution in [0.1, 0.15) is 19.3 Å². The van der Waals surface area contributed by atoms with Crippen molar-refractivity contribution in [3.05, 3.63) is 0 Å². The van der Waals surface area contributed by atoms with E-state index in [0.717, 1.165) is 25.4 Å². The number of nitrogens with one attached hydrogen (secondary N) is 2. The highest BCUT2D eigenvalue weighted by Gasteiger charge is 2.14. The van der Waals surface area contributed by atoms with Crippen LogP contribution < -0.4 is 10.6 Å². The van der Waals surface area contributed by atoms with Crippen LogP contribution >= 0.6 is 0 Å². The van der Waals surface area contributed by atoms with E-state index in [2.05, 4.69) is 10.6 Å². The summed E-state index contributed by atoms with van der Waals surface area (Å²) < 4.78 is 0. The van der Waals surface area contributed by atoms with Crippen LogP contribution in [0.5, 0.6) is 0 Å². The minimum Gasteiger partial charge on any atom is -0.359 e. The maximum atomic E-state index is 10.8. The van der Waals surface area contributed by atoms with E-state index in [1.807, 2.05) is 0 Å². The molecular weight excluding hydrogens is 140 g/mol. The fourth-order valence-electron chi connectivity index (χ4n) is 1.42. The minimum absolute atomic E-state index is 0.164. The number of carbonyl (C=O) groups excluding carboxylic acids is 1. The highest BCUT2D eigenvalue weighted by molar-refractivity contribution is 5.75. The monoisotopic (exact) mass is 156 g/mol. The zero-order chi connectivity index (χ0) is 8.10. The molecule has 64 valence electrons. The van der Waals surface area contributed by atoms with Gasteiger partial charge in [-0.1, -0.05) is 0 Å². The predicted octanol–water partition coefficient (Wildman–Crippen LogP) is 0.122. The first-order valence-electron chi connectivity index (χ1n) is 4.24.